The maximum absolute atomic E-state index is 9.62. The molecule has 0 aliphatic carbocycles. The molecular formula is C12H14N2O. The van der Waals surface area contributed by atoms with Crippen molar-refractivity contribution in [3.8, 4) is 0 Å². The summed E-state index contributed by atoms with van der Waals surface area (Å²) in [6.45, 7) is 1.97. The molecule has 0 amide bonds. The van der Waals surface area contributed by atoms with Crippen LogP contribution in [-0.2, 0) is 6.42 Å². The first-order valence-corrected chi connectivity index (χ1v) is 5.18. The van der Waals surface area contributed by atoms with Crippen LogP contribution in [0.1, 0.15) is 18.9 Å². The molecule has 1 unspecified atom stereocenters. The Bertz CT molecular complexity index is 451. The summed E-state index contributed by atoms with van der Waals surface area (Å²) in [7, 11) is 0. The highest BCUT2D eigenvalue weighted by molar-refractivity contribution is 5.81. The van der Waals surface area contributed by atoms with E-state index in [2.05, 4.69) is 10.2 Å². The van der Waals surface area contributed by atoms with Crippen molar-refractivity contribution >= 4 is 10.9 Å². The van der Waals surface area contributed by atoms with Gasteiger partial charge in [-0.2, -0.15) is 10.2 Å². The van der Waals surface area contributed by atoms with Crippen molar-refractivity contribution in [3.05, 3.63) is 36.0 Å². The van der Waals surface area contributed by atoms with Crippen LogP contribution in [-0.4, -0.2) is 21.4 Å². The van der Waals surface area contributed by atoms with E-state index in [1.807, 2.05) is 31.2 Å². The third-order valence-corrected chi connectivity index (χ3v) is 2.56. The van der Waals surface area contributed by atoms with Crippen molar-refractivity contribution in [3.63, 3.8) is 0 Å². The quantitative estimate of drug-likeness (QED) is 0.827. The maximum Gasteiger partial charge on any atom is 0.0932 e. The van der Waals surface area contributed by atoms with Gasteiger partial charge in [-0.1, -0.05) is 25.1 Å². The molecule has 0 fully saturated rings. The van der Waals surface area contributed by atoms with Crippen molar-refractivity contribution in [1.82, 2.24) is 10.2 Å². The highest BCUT2D eigenvalue weighted by Gasteiger charge is 2.07. The molecule has 15 heavy (non-hydrogen) atoms. The highest BCUT2D eigenvalue weighted by atomic mass is 16.3. The molecule has 3 nitrogen and oxygen atoms in total. The molecule has 0 spiro atoms. The molecule has 1 atom stereocenters. The van der Waals surface area contributed by atoms with Gasteiger partial charge >= 0.3 is 0 Å². The fourth-order valence-electron chi connectivity index (χ4n) is 1.62. The van der Waals surface area contributed by atoms with Gasteiger partial charge in [0.25, 0.3) is 0 Å². The number of hydrogen-bond acceptors (Lipinski definition) is 3. The molecule has 0 radical (unpaired) electrons. The summed E-state index contributed by atoms with van der Waals surface area (Å²) in [5.41, 5.74) is 1.95. The Labute approximate surface area is 88.8 Å². The average Bonchev–Trinajstić information content (AvgIpc) is 2.29. The van der Waals surface area contributed by atoms with E-state index < -0.39 is 0 Å². The fraction of sp³-hybridized carbons (Fsp3) is 0.333. The second-order valence-electron chi connectivity index (χ2n) is 3.65. The molecule has 0 saturated carbocycles. The van der Waals surface area contributed by atoms with Crippen LogP contribution in [0.3, 0.4) is 0 Å². The van der Waals surface area contributed by atoms with E-state index in [0.717, 1.165) is 22.9 Å². The van der Waals surface area contributed by atoms with Crippen LogP contribution in [0.4, 0.5) is 0 Å². The van der Waals surface area contributed by atoms with Gasteiger partial charge in [-0.05, 0) is 18.1 Å². The van der Waals surface area contributed by atoms with Crippen molar-refractivity contribution in [2.45, 2.75) is 25.9 Å². The number of aliphatic hydroxyl groups is 1. The monoisotopic (exact) mass is 202 g/mol. The molecule has 0 bridgehead atoms. The standard InChI is InChI=1S/C12H14N2O/c1-2-10(15)7-9-8-13-14-12-6-4-3-5-11(9)12/h3-6,8,10,15H,2,7H2,1H3. The van der Waals surface area contributed by atoms with Crippen molar-refractivity contribution in [2.75, 3.05) is 0 Å². The van der Waals surface area contributed by atoms with Gasteiger partial charge in [0, 0.05) is 11.8 Å². The number of fused-ring (bicyclic) bond motifs is 1. The van der Waals surface area contributed by atoms with Gasteiger partial charge in [0.05, 0.1) is 17.8 Å². The Morgan fingerprint density at radius 1 is 1.33 bits per heavy atom. The topological polar surface area (TPSA) is 46.0 Å². The second-order valence-corrected chi connectivity index (χ2v) is 3.65. The minimum Gasteiger partial charge on any atom is -0.393 e. The lowest BCUT2D eigenvalue weighted by molar-refractivity contribution is 0.171. The van der Waals surface area contributed by atoms with Crippen LogP contribution in [0.2, 0.25) is 0 Å². The summed E-state index contributed by atoms with van der Waals surface area (Å²) in [5, 5.41) is 18.7. The number of benzene rings is 1. The predicted molar refractivity (Wildman–Crippen MR) is 59.5 cm³/mol. The summed E-state index contributed by atoms with van der Waals surface area (Å²) in [6.07, 6.45) is 2.85. The predicted octanol–water partition coefficient (Wildman–Crippen LogP) is 1.94. The van der Waals surface area contributed by atoms with Crippen LogP contribution >= 0.6 is 0 Å². The van der Waals surface area contributed by atoms with E-state index >= 15 is 0 Å². The summed E-state index contributed by atoms with van der Waals surface area (Å²) < 4.78 is 0. The Balaban J connectivity index is 2.42. The molecule has 0 aliphatic heterocycles. The highest BCUT2D eigenvalue weighted by Crippen LogP contribution is 2.16. The smallest absolute Gasteiger partial charge is 0.0932 e. The normalized spacial score (nSPS) is 12.9. The van der Waals surface area contributed by atoms with Crippen LogP contribution in [0, 0.1) is 0 Å². The van der Waals surface area contributed by atoms with E-state index in [1.54, 1.807) is 6.20 Å². The average molecular weight is 202 g/mol. The molecule has 1 N–H and O–H groups in total. The number of aromatic nitrogens is 2. The van der Waals surface area contributed by atoms with Gasteiger partial charge < -0.3 is 5.11 Å². The Kier molecular flexibility index (Phi) is 2.92. The van der Waals surface area contributed by atoms with Gasteiger partial charge in [-0.25, -0.2) is 0 Å². The first-order chi connectivity index (χ1) is 7.31. The first-order valence-electron chi connectivity index (χ1n) is 5.18. The van der Waals surface area contributed by atoms with E-state index in [-0.39, 0.29) is 6.10 Å². The maximum atomic E-state index is 9.62. The lowest BCUT2D eigenvalue weighted by Gasteiger charge is -2.08. The molecule has 1 aromatic carbocycles. The SMILES string of the molecule is CCC(O)Cc1cnnc2ccccc12. The Morgan fingerprint density at radius 2 is 2.13 bits per heavy atom. The largest absolute Gasteiger partial charge is 0.393 e. The molecule has 1 heterocycles. The zero-order valence-electron chi connectivity index (χ0n) is 8.72. The molecule has 2 rings (SSSR count). The number of nitrogens with zero attached hydrogens (tertiary/aromatic N) is 2. The van der Waals surface area contributed by atoms with Gasteiger partial charge in [-0.3, -0.25) is 0 Å². The number of aliphatic hydroxyl groups excluding tert-OH is 1. The number of rotatable bonds is 3. The third kappa shape index (κ3) is 2.13. The van der Waals surface area contributed by atoms with E-state index in [0.29, 0.717) is 6.42 Å². The molecule has 0 saturated heterocycles. The van der Waals surface area contributed by atoms with Crippen LogP contribution in [0.5, 0.6) is 0 Å². The summed E-state index contributed by atoms with van der Waals surface area (Å²) in [4.78, 5) is 0. The molecule has 0 aliphatic rings. The number of hydrogen-bond donors (Lipinski definition) is 1. The Morgan fingerprint density at radius 3 is 2.93 bits per heavy atom. The van der Waals surface area contributed by atoms with E-state index in [9.17, 15) is 5.11 Å². The Hall–Kier alpha value is -1.48. The summed E-state index contributed by atoms with van der Waals surface area (Å²) in [5.74, 6) is 0. The molecular weight excluding hydrogens is 188 g/mol. The first kappa shape index (κ1) is 10.1. The van der Waals surface area contributed by atoms with Crippen LogP contribution < -0.4 is 0 Å². The minimum atomic E-state index is -0.294. The van der Waals surface area contributed by atoms with Gasteiger partial charge in [0.1, 0.15) is 0 Å². The zero-order valence-corrected chi connectivity index (χ0v) is 8.72. The molecule has 1 aromatic heterocycles. The van der Waals surface area contributed by atoms with E-state index in [1.165, 1.54) is 0 Å². The van der Waals surface area contributed by atoms with E-state index in [4.69, 9.17) is 0 Å². The van der Waals surface area contributed by atoms with Crippen molar-refractivity contribution in [2.24, 2.45) is 0 Å². The summed E-state index contributed by atoms with van der Waals surface area (Å²) >= 11 is 0. The fourth-order valence-corrected chi connectivity index (χ4v) is 1.62. The molecule has 78 valence electrons. The second kappa shape index (κ2) is 4.36. The van der Waals surface area contributed by atoms with Crippen LogP contribution in [0.15, 0.2) is 30.5 Å². The van der Waals surface area contributed by atoms with Gasteiger partial charge in [0.2, 0.25) is 0 Å². The van der Waals surface area contributed by atoms with Crippen LogP contribution in [0.25, 0.3) is 10.9 Å². The third-order valence-electron chi connectivity index (χ3n) is 2.56. The van der Waals surface area contributed by atoms with Crippen molar-refractivity contribution < 1.29 is 5.11 Å². The molecule has 3 heteroatoms. The van der Waals surface area contributed by atoms with Gasteiger partial charge in [0.15, 0.2) is 0 Å². The lowest BCUT2D eigenvalue weighted by Crippen LogP contribution is -2.09. The lowest BCUT2D eigenvalue weighted by atomic mass is 10.0. The minimum absolute atomic E-state index is 0.294. The molecule has 2 aromatic rings. The van der Waals surface area contributed by atoms with Gasteiger partial charge in [-0.15, -0.1) is 0 Å². The summed E-state index contributed by atoms with van der Waals surface area (Å²) in [6, 6.07) is 7.87. The van der Waals surface area contributed by atoms with Crippen molar-refractivity contribution in [1.29, 1.82) is 0 Å². The zero-order chi connectivity index (χ0) is 10.7.